The van der Waals surface area contributed by atoms with Crippen molar-refractivity contribution in [2.45, 2.75) is 26.2 Å². The van der Waals surface area contributed by atoms with Crippen LogP contribution in [0.2, 0.25) is 0 Å². The highest BCUT2D eigenvalue weighted by Crippen LogP contribution is 2.21. The van der Waals surface area contributed by atoms with Crippen molar-refractivity contribution in [3.8, 4) is 0 Å². The van der Waals surface area contributed by atoms with E-state index in [4.69, 9.17) is 4.74 Å². The summed E-state index contributed by atoms with van der Waals surface area (Å²) in [6.45, 7) is 3.00. The Morgan fingerprint density at radius 2 is 2.26 bits per heavy atom. The van der Waals surface area contributed by atoms with Gasteiger partial charge in [0.1, 0.15) is 0 Å². The number of nitrogens with one attached hydrogen (secondary N) is 1. The molecule has 1 aliphatic rings. The molecule has 0 saturated heterocycles. The maximum absolute atomic E-state index is 11.4. The lowest BCUT2D eigenvalue weighted by atomic mass is 9.94. The van der Waals surface area contributed by atoms with Gasteiger partial charge in [-0.3, -0.25) is 0 Å². The summed E-state index contributed by atoms with van der Waals surface area (Å²) in [4.78, 5) is 11.4. The van der Waals surface area contributed by atoms with Crippen LogP contribution in [-0.4, -0.2) is 19.6 Å². The Hall–Kier alpha value is -1.77. The van der Waals surface area contributed by atoms with Crippen LogP contribution in [0.4, 0.5) is 5.69 Å². The lowest BCUT2D eigenvalue weighted by Gasteiger charge is -2.19. The minimum atomic E-state index is -0.285. The zero-order valence-electron chi connectivity index (χ0n) is 11.6. The van der Waals surface area contributed by atoms with E-state index in [0.29, 0.717) is 11.5 Å². The van der Waals surface area contributed by atoms with Gasteiger partial charge in [-0.15, -0.1) is 0 Å². The Balaban J connectivity index is 1.97. The Labute approximate surface area is 114 Å². The second-order valence-corrected chi connectivity index (χ2v) is 5.05. The monoisotopic (exact) mass is 259 g/mol. The molecule has 3 nitrogen and oxygen atoms in total. The van der Waals surface area contributed by atoms with Crippen LogP contribution in [0.1, 0.15) is 35.2 Å². The topological polar surface area (TPSA) is 38.3 Å². The molecule has 0 bridgehead atoms. The van der Waals surface area contributed by atoms with Crippen LogP contribution in [0.25, 0.3) is 0 Å². The van der Waals surface area contributed by atoms with E-state index >= 15 is 0 Å². The van der Waals surface area contributed by atoms with Crippen LogP contribution < -0.4 is 5.32 Å². The molecule has 0 heterocycles. The summed E-state index contributed by atoms with van der Waals surface area (Å²) >= 11 is 0. The first-order valence-electron chi connectivity index (χ1n) is 6.78. The van der Waals surface area contributed by atoms with Crippen molar-refractivity contribution in [2.75, 3.05) is 19.0 Å². The summed E-state index contributed by atoms with van der Waals surface area (Å²) < 4.78 is 4.72. The summed E-state index contributed by atoms with van der Waals surface area (Å²) in [7, 11) is 1.40. The number of benzene rings is 1. The van der Waals surface area contributed by atoms with Gasteiger partial charge < -0.3 is 10.1 Å². The summed E-state index contributed by atoms with van der Waals surface area (Å²) in [6, 6.07) is 5.64. The van der Waals surface area contributed by atoms with Crippen LogP contribution in [0, 0.1) is 12.8 Å². The minimum Gasteiger partial charge on any atom is -0.465 e. The van der Waals surface area contributed by atoms with Gasteiger partial charge in [0.2, 0.25) is 0 Å². The average Bonchev–Trinajstić information content (AvgIpc) is 2.46. The smallest absolute Gasteiger partial charge is 0.337 e. The largest absolute Gasteiger partial charge is 0.465 e. The van der Waals surface area contributed by atoms with Gasteiger partial charge in [-0.25, -0.2) is 4.79 Å². The molecule has 1 aromatic carbocycles. The molecule has 0 fully saturated rings. The second kappa shape index (κ2) is 6.41. The van der Waals surface area contributed by atoms with Crippen molar-refractivity contribution in [2.24, 2.45) is 5.92 Å². The molecule has 2 rings (SSSR count). The van der Waals surface area contributed by atoms with Gasteiger partial charge in [0.05, 0.1) is 12.7 Å². The molecule has 1 aliphatic carbocycles. The molecule has 0 amide bonds. The number of esters is 1. The summed E-state index contributed by atoms with van der Waals surface area (Å²) in [5, 5.41) is 3.48. The lowest BCUT2D eigenvalue weighted by Crippen LogP contribution is -2.16. The van der Waals surface area contributed by atoms with Gasteiger partial charge in [0, 0.05) is 12.2 Å². The number of allylic oxidation sites excluding steroid dienone is 2. The van der Waals surface area contributed by atoms with Crippen molar-refractivity contribution in [1.29, 1.82) is 0 Å². The quantitative estimate of drug-likeness (QED) is 0.664. The standard InChI is InChI=1S/C16H21NO2/c1-12-10-14(16(18)19-2)8-9-15(12)17-11-13-6-4-3-5-7-13/h3-4,8-10,13,17H,5-7,11H2,1-2H3. The first kappa shape index (κ1) is 13.7. The number of methoxy groups -OCH3 is 1. The molecule has 3 heteroatoms. The van der Waals surface area contributed by atoms with E-state index in [0.717, 1.165) is 24.2 Å². The zero-order valence-corrected chi connectivity index (χ0v) is 11.6. The minimum absolute atomic E-state index is 0.285. The van der Waals surface area contributed by atoms with Crippen LogP contribution in [0.5, 0.6) is 0 Å². The third-order valence-corrected chi connectivity index (χ3v) is 3.61. The van der Waals surface area contributed by atoms with Crippen LogP contribution >= 0.6 is 0 Å². The van der Waals surface area contributed by atoms with Gasteiger partial charge in [-0.1, -0.05) is 12.2 Å². The summed E-state index contributed by atoms with van der Waals surface area (Å²) in [5.41, 5.74) is 2.78. The van der Waals surface area contributed by atoms with Crippen molar-refractivity contribution in [3.63, 3.8) is 0 Å². The van der Waals surface area contributed by atoms with Gasteiger partial charge in [0.15, 0.2) is 0 Å². The van der Waals surface area contributed by atoms with E-state index < -0.39 is 0 Å². The molecule has 1 atom stereocenters. The molecule has 0 aromatic heterocycles. The maximum Gasteiger partial charge on any atom is 0.337 e. The average molecular weight is 259 g/mol. The van der Waals surface area contributed by atoms with Crippen LogP contribution in [-0.2, 0) is 4.74 Å². The molecule has 1 unspecified atom stereocenters. The third-order valence-electron chi connectivity index (χ3n) is 3.61. The van der Waals surface area contributed by atoms with Gasteiger partial charge >= 0.3 is 5.97 Å². The van der Waals surface area contributed by atoms with Crippen molar-refractivity contribution in [3.05, 3.63) is 41.5 Å². The third kappa shape index (κ3) is 3.60. The molecule has 19 heavy (non-hydrogen) atoms. The predicted molar refractivity (Wildman–Crippen MR) is 77.5 cm³/mol. The SMILES string of the molecule is COC(=O)c1ccc(NCC2CC=CCC2)c(C)c1. The van der Waals surface area contributed by atoms with Crippen LogP contribution in [0.3, 0.4) is 0 Å². The summed E-state index contributed by atoms with van der Waals surface area (Å²) in [6.07, 6.45) is 8.12. The molecule has 1 N–H and O–H groups in total. The van der Waals surface area contributed by atoms with E-state index in [1.807, 2.05) is 25.1 Å². The first-order chi connectivity index (χ1) is 9.20. The number of carbonyl (C=O) groups excluding carboxylic acids is 1. The van der Waals surface area contributed by atoms with E-state index in [1.165, 1.54) is 20.0 Å². The number of hydrogen-bond donors (Lipinski definition) is 1. The highest BCUT2D eigenvalue weighted by Gasteiger charge is 2.11. The fraction of sp³-hybridized carbons (Fsp3) is 0.438. The van der Waals surface area contributed by atoms with Crippen LogP contribution in [0.15, 0.2) is 30.4 Å². The number of anilines is 1. The number of rotatable bonds is 4. The van der Waals surface area contributed by atoms with E-state index in [1.54, 1.807) is 0 Å². The van der Waals surface area contributed by atoms with Gasteiger partial charge in [0.25, 0.3) is 0 Å². The second-order valence-electron chi connectivity index (χ2n) is 5.05. The van der Waals surface area contributed by atoms with E-state index in [9.17, 15) is 4.79 Å². The molecule has 1 aromatic rings. The molecule has 0 spiro atoms. The molecule has 0 aliphatic heterocycles. The lowest BCUT2D eigenvalue weighted by molar-refractivity contribution is 0.0600. The van der Waals surface area contributed by atoms with E-state index in [2.05, 4.69) is 17.5 Å². The molecule has 0 radical (unpaired) electrons. The fourth-order valence-corrected chi connectivity index (χ4v) is 2.40. The Kier molecular flexibility index (Phi) is 4.61. The van der Waals surface area contributed by atoms with E-state index in [-0.39, 0.29) is 5.97 Å². The normalized spacial score (nSPS) is 18.1. The highest BCUT2D eigenvalue weighted by atomic mass is 16.5. The highest BCUT2D eigenvalue weighted by molar-refractivity contribution is 5.90. The molecular formula is C16H21NO2. The molecule has 0 saturated carbocycles. The van der Waals surface area contributed by atoms with Crippen molar-refractivity contribution < 1.29 is 9.53 Å². The number of hydrogen-bond acceptors (Lipinski definition) is 3. The number of ether oxygens (including phenoxy) is 1. The van der Waals surface area contributed by atoms with Crippen molar-refractivity contribution in [1.82, 2.24) is 0 Å². The zero-order chi connectivity index (χ0) is 13.7. The first-order valence-corrected chi connectivity index (χ1v) is 6.78. The number of aryl methyl sites for hydroxylation is 1. The molecule has 102 valence electrons. The fourth-order valence-electron chi connectivity index (χ4n) is 2.40. The Morgan fingerprint density at radius 3 is 2.89 bits per heavy atom. The molecular weight excluding hydrogens is 238 g/mol. The number of carbonyl (C=O) groups is 1. The van der Waals surface area contributed by atoms with Crippen molar-refractivity contribution >= 4 is 11.7 Å². The maximum atomic E-state index is 11.4. The Bertz CT molecular complexity index is 480. The van der Waals surface area contributed by atoms with Gasteiger partial charge in [-0.2, -0.15) is 0 Å². The summed E-state index contributed by atoms with van der Waals surface area (Å²) in [5.74, 6) is 0.428. The Morgan fingerprint density at radius 1 is 1.42 bits per heavy atom. The van der Waals surface area contributed by atoms with Gasteiger partial charge in [-0.05, 0) is 55.9 Å². The predicted octanol–water partition coefficient (Wildman–Crippen LogP) is 3.55.